The molecule has 0 aliphatic carbocycles. The second-order valence-electron chi connectivity index (χ2n) is 6.99. The third-order valence-corrected chi connectivity index (χ3v) is 4.82. The Labute approximate surface area is 159 Å². The number of rotatable bonds is 8. The van der Waals surface area contributed by atoms with Crippen LogP contribution in [0.2, 0.25) is 0 Å². The summed E-state index contributed by atoms with van der Waals surface area (Å²) in [6, 6.07) is 18.4. The molecule has 0 aromatic heterocycles. The first-order valence-electron chi connectivity index (χ1n) is 8.70. The highest BCUT2D eigenvalue weighted by Gasteiger charge is 2.51. The number of amides is 1. The molecule has 2 N–H and O–H groups in total. The first-order valence-corrected chi connectivity index (χ1v) is 8.70. The van der Waals surface area contributed by atoms with Crippen molar-refractivity contribution in [3.63, 3.8) is 0 Å². The fourth-order valence-electron chi connectivity index (χ4n) is 2.85. The number of carbonyl (C=O) groups is 2. The van der Waals surface area contributed by atoms with Gasteiger partial charge in [-0.2, -0.15) is 0 Å². The molecule has 0 aliphatic heterocycles. The van der Waals surface area contributed by atoms with E-state index in [9.17, 15) is 14.7 Å². The Bertz CT molecular complexity index is 786. The van der Waals surface area contributed by atoms with E-state index in [1.165, 1.54) is 0 Å². The quantitative estimate of drug-likeness (QED) is 0.686. The largest absolute Gasteiger partial charge is 0.479 e. The van der Waals surface area contributed by atoms with Gasteiger partial charge in [0.25, 0.3) is 0 Å². The van der Waals surface area contributed by atoms with Crippen molar-refractivity contribution in [2.24, 2.45) is 5.41 Å². The molecule has 1 amide bonds. The Morgan fingerprint density at radius 1 is 1.04 bits per heavy atom. The lowest BCUT2D eigenvalue weighted by Gasteiger charge is -2.42. The summed E-state index contributed by atoms with van der Waals surface area (Å²) in [5, 5.41) is 12.7. The molecule has 1 atom stereocenters. The van der Waals surface area contributed by atoms with E-state index >= 15 is 0 Å². The Hall–Kier alpha value is -3.08. The molecule has 1 unspecified atom stereocenters. The summed E-state index contributed by atoms with van der Waals surface area (Å²) in [4.78, 5) is 24.8. The molecule has 2 aromatic rings. The predicted molar refractivity (Wildman–Crippen MR) is 104 cm³/mol. The number of nitrogens with one attached hydrogen (secondary N) is 1. The van der Waals surface area contributed by atoms with Gasteiger partial charge in [0.05, 0.1) is 0 Å². The number of benzene rings is 2. The summed E-state index contributed by atoms with van der Waals surface area (Å²) in [7, 11) is 0. The molecule has 27 heavy (non-hydrogen) atoms. The van der Waals surface area contributed by atoms with Gasteiger partial charge in [-0.1, -0.05) is 80.6 Å². The van der Waals surface area contributed by atoms with Crippen LogP contribution in [0.25, 0.3) is 0 Å². The lowest BCUT2D eigenvalue weighted by Crippen LogP contribution is -2.64. The van der Waals surface area contributed by atoms with Crippen molar-refractivity contribution in [2.45, 2.75) is 32.4 Å². The Morgan fingerprint density at radius 3 is 2.04 bits per heavy atom. The van der Waals surface area contributed by atoms with Crippen molar-refractivity contribution in [1.82, 2.24) is 5.32 Å². The van der Waals surface area contributed by atoms with Gasteiger partial charge in [-0.3, -0.25) is 0 Å². The van der Waals surface area contributed by atoms with Crippen LogP contribution < -0.4 is 5.32 Å². The SMILES string of the molecule is C=CC(C)(C)C(Cc1ccccc1)(NC(=O)OCc1ccccc1)C(=O)O. The summed E-state index contributed by atoms with van der Waals surface area (Å²) in [6.45, 7) is 7.29. The summed E-state index contributed by atoms with van der Waals surface area (Å²) in [6.07, 6.45) is 0.858. The number of ether oxygens (including phenoxy) is 1. The maximum atomic E-state index is 12.5. The second-order valence-corrected chi connectivity index (χ2v) is 6.99. The average Bonchev–Trinajstić information content (AvgIpc) is 2.67. The number of hydrogen-bond donors (Lipinski definition) is 2. The van der Waals surface area contributed by atoms with Gasteiger partial charge in [0.15, 0.2) is 5.54 Å². The average molecular weight is 367 g/mol. The minimum Gasteiger partial charge on any atom is -0.479 e. The van der Waals surface area contributed by atoms with Gasteiger partial charge in [0.2, 0.25) is 0 Å². The molecular weight excluding hydrogens is 342 g/mol. The molecule has 0 saturated heterocycles. The van der Waals surface area contributed by atoms with Gasteiger partial charge in [-0.15, -0.1) is 6.58 Å². The lowest BCUT2D eigenvalue weighted by molar-refractivity contribution is -0.148. The lowest BCUT2D eigenvalue weighted by atomic mass is 9.69. The fraction of sp³-hybridized carbons (Fsp3) is 0.273. The zero-order chi connectivity index (χ0) is 19.9. The first-order chi connectivity index (χ1) is 12.8. The molecule has 0 radical (unpaired) electrons. The van der Waals surface area contributed by atoms with Gasteiger partial charge in [-0.05, 0) is 11.1 Å². The van der Waals surface area contributed by atoms with Gasteiger partial charge in [0.1, 0.15) is 6.61 Å². The smallest absolute Gasteiger partial charge is 0.408 e. The zero-order valence-electron chi connectivity index (χ0n) is 15.6. The van der Waals surface area contributed by atoms with E-state index < -0.39 is 23.0 Å². The number of carboxylic acid groups (broad SMARTS) is 1. The zero-order valence-corrected chi connectivity index (χ0v) is 15.6. The van der Waals surface area contributed by atoms with Gasteiger partial charge in [-0.25, -0.2) is 9.59 Å². The summed E-state index contributed by atoms with van der Waals surface area (Å²) < 4.78 is 5.26. The Morgan fingerprint density at radius 2 is 1.56 bits per heavy atom. The van der Waals surface area contributed by atoms with E-state index in [0.29, 0.717) is 0 Å². The van der Waals surface area contributed by atoms with Gasteiger partial charge >= 0.3 is 12.1 Å². The highest BCUT2D eigenvalue weighted by atomic mass is 16.5. The molecule has 5 nitrogen and oxygen atoms in total. The maximum Gasteiger partial charge on any atom is 0.408 e. The van der Waals surface area contributed by atoms with Crippen LogP contribution in [0.4, 0.5) is 4.79 Å². The van der Waals surface area contributed by atoms with Crippen LogP contribution in [-0.4, -0.2) is 22.7 Å². The monoisotopic (exact) mass is 367 g/mol. The molecule has 2 aromatic carbocycles. The Kier molecular flexibility index (Phi) is 6.40. The highest BCUT2D eigenvalue weighted by Crippen LogP contribution is 2.36. The van der Waals surface area contributed by atoms with Crippen LogP contribution in [0, 0.1) is 5.41 Å². The fourth-order valence-corrected chi connectivity index (χ4v) is 2.85. The predicted octanol–water partition coefficient (Wildman–Crippen LogP) is 4.19. The molecule has 0 saturated carbocycles. The van der Waals surface area contributed by atoms with E-state index in [1.807, 2.05) is 60.7 Å². The summed E-state index contributed by atoms with van der Waals surface area (Å²) >= 11 is 0. The van der Waals surface area contributed by atoms with Crippen molar-refractivity contribution in [3.05, 3.63) is 84.4 Å². The van der Waals surface area contributed by atoms with Gasteiger partial charge < -0.3 is 15.2 Å². The molecule has 0 spiro atoms. The first kappa shape index (κ1) is 20.2. The van der Waals surface area contributed by atoms with E-state index in [1.54, 1.807) is 19.9 Å². The van der Waals surface area contributed by atoms with Crippen LogP contribution >= 0.6 is 0 Å². The Balaban J connectivity index is 2.26. The van der Waals surface area contributed by atoms with Gasteiger partial charge in [0, 0.05) is 11.8 Å². The van der Waals surface area contributed by atoms with E-state index in [4.69, 9.17) is 4.74 Å². The number of aliphatic carboxylic acids is 1. The van der Waals surface area contributed by atoms with Crippen LogP contribution in [0.15, 0.2) is 73.3 Å². The molecule has 0 bridgehead atoms. The van der Waals surface area contributed by atoms with E-state index in [0.717, 1.165) is 11.1 Å². The molecule has 2 rings (SSSR count). The van der Waals surface area contributed by atoms with Crippen molar-refractivity contribution >= 4 is 12.1 Å². The summed E-state index contributed by atoms with van der Waals surface area (Å²) in [5.41, 5.74) is -0.928. The van der Waals surface area contributed by atoms with Crippen molar-refractivity contribution < 1.29 is 19.4 Å². The topological polar surface area (TPSA) is 75.6 Å². The second kappa shape index (κ2) is 8.54. The van der Waals surface area contributed by atoms with Crippen LogP contribution in [0.3, 0.4) is 0 Å². The number of carbonyl (C=O) groups excluding carboxylic acids is 1. The van der Waals surface area contributed by atoms with E-state index in [-0.39, 0.29) is 13.0 Å². The highest BCUT2D eigenvalue weighted by molar-refractivity contribution is 5.86. The molecule has 0 heterocycles. The standard InChI is InChI=1S/C22H25NO4/c1-4-21(2,3)22(19(24)25,15-17-11-7-5-8-12-17)23-20(26)27-16-18-13-9-6-10-14-18/h4-14H,1,15-16H2,2-3H3,(H,23,26)(H,24,25). The third-order valence-electron chi connectivity index (χ3n) is 4.82. The van der Waals surface area contributed by atoms with Crippen molar-refractivity contribution in [3.8, 4) is 0 Å². The number of hydrogen-bond acceptors (Lipinski definition) is 3. The summed E-state index contributed by atoms with van der Waals surface area (Å²) in [5.74, 6) is -1.15. The molecule has 142 valence electrons. The minimum atomic E-state index is -1.61. The van der Waals surface area contributed by atoms with Crippen LogP contribution in [0.1, 0.15) is 25.0 Å². The normalized spacial score (nSPS) is 13.3. The molecule has 5 heteroatoms. The molecule has 0 aliphatic rings. The number of alkyl carbamates (subject to hydrolysis) is 1. The van der Waals surface area contributed by atoms with Crippen LogP contribution in [0.5, 0.6) is 0 Å². The van der Waals surface area contributed by atoms with Crippen molar-refractivity contribution in [2.75, 3.05) is 0 Å². The number of carboxylic acids is 1. The van der Waals surface area contributed by atoms with E-state index in [2.05, 4.69) is 11.9 Å². The molecular formula is C22H25NO4. The van der Waals surface area contributed by atoms with Crippen molar-refractivity contribution in [1.29, 1.82) is 0 Å². The maximum absolute atomic E-state index is 12.5. The molecule has 0 fully saturated rings. The minimum absolute atomic E-state index is 0.0578. The third kappa shape index (κ3) is 4.76. The van der Waals surface area contributed by atoms with Crippen LogP contribution in [-0.2, 0) is 22.6 Å².